The lowest BCUT2D eigenvalue weighted by Gasteiger charge is -2.15. The normalized spacial score (nSPS) is 16.2. The monoisotopic (exact) mass is 400 g/mol. The van der Waals surface area contributed by atoms with Crippen LogP contribution >= 0.6 is 11.6 Å². The van der Waals surface area contributed by atoms with Crippen LogP contribution in [0.3, 0.4) is 0 Å². The van der Waals surface area contributed by atoms with E-state index in [-0.39, 0.29) is 36.2 Å². The molecule has 146 valence electrons. The number of hydrogen-bond donors (Lipinski definition) is 2. The van der Waals surface area contributed by atoms with E-state index in [0.29, 0.717) is 28.4 Å². The van der Waals surface area contributed by atoms with Gasteiger partial charge < -0.3 is 10.1 Å². The zero-order valence-electron chi connectivity index (χ0n) is 15.6. The zero-order chi connectivity index (χ0) is 20.3. The van der Waals surface area contributed by atoms with E-state index in [1.807, 2.05) is 26.0 Å². The Morgan fingerprint density at radius 2 is 1.93 bits per heavy atom. The molecular formula is C21H21ClN2O4. The van der Waals surface area contributed by atoms with Gasteiger partial charge >= 0.3 is 0 Å². The molecule has 1 aliphatic rings. The lowest BCUT2D eigenvalue weighted by molar-refractivity contribution is -0.125. The molecule has 6 nitrogen and oxygen atoms in total. The van der Waals surface area contributed by atoms with Gasteiger partial charge in [0, 0.05) is 17.1 Å². The first-order chi connectivity index (χ1) is 13.3. The first-order valence-corrected chi connectivity index (χ1v) is 9.40. The number of nitrogens with one attached hydrogen (secondary N) is 2. The molecule has 1 aliphatic heterocycles. The SMILES string of the molecule is CC(C)Oc1ccc(Cl)cc1C(=O)Nc1ccc(CC2CC(=O)NC2=O)cc1. The number of imide groups is 1. The van der Waals surface area contributed by atoms with Crippen LogP contribution in [0.25, 0.3) is 0 Å². The minimum Gasteiger partial charge on any atom is -0.490 e. The third-order valence-electron chi connectivity index (χ3n) is 4.31. The Kier molecular flexibility index (Phi) is 5.99. The maximum absolute atomic E-state index is 12.7. The van der Waals surface area contributed by atoms with Crippen molar-refractivity contribution in [2.45, 2.75) is 32.8 Å². The van der Waals surface area contributed by atoms with Gasteiger partial charge in [-0.15, -0.1) is 0 Å². The molecule has 1 fully saturated rings. The smallest absolute Gasteiger partial charge is 0.259 e. The average Bonchev–Trinajstić information content (AvgIpc) is 2.95. The number of amides is 3. The van der Waals surface area contributed by atoms with E-state index in [2.05, 4.69) is 10.6 Å². The fourth-order valence-corrected chi connectivity index (χ4v) is 3.19. The molecule has 1 unspecified atom stereocenters. The summed E-state index contributed by atoms with van der Waals surface area (Å²) in [5.41, 5.74) is 1.88. The molecule has 0 aromatic heterocycles. The third kappa shape index (κ3) is 4.89. The summed E-state index contributed by atoms with van der Waals surface area (Å²) in [6, 6.07) is 12.1. The van der Waals surface area contributed by atoms with Gasteiger partial charge in [-0.2, -0.15) is 0 Å². The number of hydrogen-bond acceptors (Lipinski definition) is 4. The lowest BCUT2D eigenvalue weighted by atomic mass is 9.98. The van der Waals surface area contributed by atoms with E-state index in [0.717, 1.165) is 5.56 Å². The summed E-state index contributed by atoms with van der Waals surface area (Å²) in [5.74, 6) is -0.673. The van der Waals surface area contributed by atoms with Gasteiger partial charge in [0.1, 0.15) is 5.75 Å². The molecule has 28 heavy (non-hydrogen) atoms. The highest BCUT2D eigenvalue weighted by atomic mass is 35.5. The minimum atomic E-state index is -0.338. The molecule has 1 saturated heterocycles. The number of halogens is 1. The van der Waals surface area contributed by atoms with Crippen molar-refractivity contribution in [2.75, 3.05) is 5.32 Å². The number of anilines is 1. The number of benzene rings is 2. The van der Waals surface area contributed by atoms with Crippen LogP contribution in [0.2, 0.25) is 5.02 Å². The molecule has 3 amide bonds. The van der Waals surface area contributed by atoms with Crippen LogP contribution in [0, 0.1) is 5.92 Å². The van der Waals surface area contributed by atoms with Crippen molar-refractivity contribution in [3.8, 4) is 5.75 Å². The second-order valence-corrected chi connectivity index (χ2v) is 7.41. The number of rotatable bonds is 6. The number of carbonyl (C=O) groups excluding carboxylic acids is 3. The van der Waals surface area contributed by atoms with Gasteiger partial charge in [-0.1, -0.05) is 23.7 Å². The first kappa shape index (κ1) is 19.9. The van der Waals surface area contributed by atoms with Crippen LogP contribution in [0.5, 0.6) is 5.75 Å². The van der Waals surface area contributed by atoms with E-state index in [4.69, 9.17) is 16.3 Å². The van der Waals surface area contributed by atoms with Gasteiger partial charge in [0.05, 0.1) is 17.6 Å². The van der Waals surface area contributed by atoms with Gasteiger partial charge in [0.2, 0.25) is 11.8 Å². The molecule has 0 spiro atoms. The Morgan fingerprint density at radius 3 is 2.54 bits per heavy atom. The third-order valence-corrected chi connectivity index (χ3v) is 4.54. The second-order valence-electron chi connectivity index (χ2n) is 6.98. The zero-order valence-corrected chi connectivity index (χ0v) is 16.4. The van der Waals surface area contributed by atoms with Crippen LogP contribution in [-0.4, -0.2) is 23.8 Å². The largest absolute Gasteiger partial charge is 0.490 e. The topological polar surface area (TPSA) is 84.5 Å². The number of ether oxygens (including phenoxy) is 1. The Bertz CT molecular complexity index is 909. The fraction of sp³-hybridized carbons (Fsp3) is 0.286. The predicted molar refractivity (Wildman–Crippen MR) is 107 cm³/mol. The summed E-state index contributed by atoms with van der Waals surface area (Å²) in [5, 5.41) is 5.58. The molecule has 2 aromatic carbocycles. The second kappa shape index (κ2) is 8.44. The fourth-order valence-electron chi connectivity index (χ4n) is 3.02. The Hall–Kier alpha value is -2.86. The standard InChI is InChI=1S/C21H21ClN2O4/c1-12(2)28-18-8-5-15(22)11-17(18)21(27)23-16-6-3-13(4-7-16)9-14-10-19(25)24-20(14)26/h3-8,11-12,14H,9-10H2,1-2H3,(H,23,27)(H,24,25,26). The van der Waals surface area contributed by atoms with E-state index >= 15 is 0 Å². The molecule has 0 radical (unpaired) electrons. The van der Waals surface area contributed by atoms with Crippen LogP contribution in [-0.2, 0) is 16.0 Å². The molecule has 0 aliphatic carbocycles. The molecule has 1 heterocycles. The van der Waals surface area contributed by atoms with Crippen molar-refractivity contribution in [1.82, 2.24) is 5.32 Å². The van der Waals surface area contributed by atoms with Gasteiger partial charge in [-0.25, -0.2) is 0 Å². The maximum Gasteiger partial charge on any atom is 0.259 e. The van der Waals surface area contributed by atoms with E-state index in [9.17, 15) is 14.4 Å². The van der Waals surface area contributed by atoms with Crippen LogP contribution in [0.15, 0.2) is 42.5 Å². The van der Waals surface area contributed by atoms with Crippen molar-refractivity contribution in [3.63, 3.8) is 0 Å². The van der Waals surface area contributed by atoms with Crippen molar-refractivity contribution in [2.24, 2.45) is 5.92 Å². The summed E-state index contributed by atoms with van der Waals surface area (Å²) in [6.07, 6.45) is 0.615. The highest BCUT2D eigenvalue weighted by Crippen LogP contribution is 2.25. The summed E-state index contributed by atoms with van der Waals surface area (Å²) in [4.78, 5) is 35.6. The lowest BCUT2D eigenvalue weighted by Crippen LogP contribution is -2.22. The van der Waals surface area contributed by atoms with Crippen molar-refractivity contribution in [3.05, 3.63) is 58.6 Å². The molecule has 2 aromatic rings. The Morgan fingerprint density at radius 1 is 1.21 bits per heavy atom. The molecule has 0 saturated carbocycles. The number of carbonyl (C=O) groups is 3. The molecule has 0 bridgehead atoms. The van der Waals surface area contributed by atoms with Crippen LogP contribution in [0.1, 0.15) is 36.2 Å². The summed E-state index contributed by atoms with van der Waals surface area (Å²) in [7, 11) is 0. The van der Waals surface area contributed by atoms with Crippen molar-refractivity contribution >= 4 is 35.0 Å². The Labute approximate surface area is 168 Å². The molecule has 7 heteroatoms. The van der Waals surface area contributed by atoms with Crippen molar-refractivity contribution in [1.29, 1.82) is 0 Å². The maximum atomic E-state index is 12.7. The van der Waals surface area contributed by atoms with Crippen LogP contribution in [0.4, 0.5) is 5.69 Å². The summed E-state index contributed by atoms with van der Waals surface area (Å²) >= 11 is 6.03. The summed E-state index contributed by atoms with van der Waals surface area (Å²) < 4.78 is 5.69. The highest BCUT2D eigenvalue weighted by Gasteiger charge is 2.30. The van der Waals surface area contributed by atoms with Gasteiger partial charge in [-0.3, -0.25) is 19.7 Å². The van der Waals surface area contributed by atoms with E-state index in [1.165, 1.54) is 0 Å². The van der Waals surface area contributed by atoms with E-state index < -0.39 is 0 Å². The van der Waals surface area contributed by atoms with Gasteiger partial charge in [0.25, 0.3) is 5.91 Å². The predicted octanol–water partition coefficient (Wildman–Crippen LogP) is 3.58. The van der Waals surface area contributed by atoms with Gasteiger partial charge in [0.15, 0.2) is 0 Å². The summed E-state index contributed by atoms with van der Waals surface area (Å²) in [6.45, 7) is 3.76. The molecule has 3 rings (SSSR count). The first-order valence-electron chi connectivity index (χ1n) is 9.02. The van der Waals surface area contributed by atoms with Crippen LogP contribution < -0.4 is 15.4 Å². The molecule has 1 atom stereocenters. The highest BCUT2D eigenvalue weighted by molar-refractivity contribution is 6.31. The molecule has 2 N–H and O–H groups in total. The average molecular weight is 401 g/mol. The van der Waals surface area contributed by atoms with Gasteiger partial charge in [-0.05, 0) is 56.2 Å². The van der Waals surface area contributed by atoms with Crippen molar-refractivity contribution < 1.29 is 19.1 Å². The quantitative estimate of drug-likeness (QED) is 0.726. The Balaban J connectivity index is 1.69. The molecular weight excluding hydrogens is 380 g/mol. The minimum absolute atomic E-state index is 0.0771. The van der Waals surface area contributed by atoms with E-state index in [1.54, 1.807) is 30.3 Å².